The number of ether oxygens (including phenoxy) is 1. The summed E-state index contributed by atoms with van der Waals surface area (Å²) in [5.41, 5.74) is 0.361. The largest absolute Gasteiger partial charge is 0.495 e. The molecular formula is C12H10BrClN2O3S. The highest BCUT2D eigenvalue weighted by atomic mass is 79.9. The second-order valence-electron chi connectivity index (χ2n) is 3.77. The number of hydrogen-bond acceptors (Lipinski definition) is 4. The summed E-state index contributed by atoms with van der Waals surface area (Å²) in [4.78, 5) is 3.99. The molecule has 0 atom stereocenters. The van der Waals surface area contributed by atoms with Crippen molar-refractivity contribution < 1.29 is 13.2 Å². The molecule has 0 amide bonds. The maximum Gasteiger partial charge on any atom is 0.261 e. The average molecular weight is 378 g/mol. The smallest absolute Gasteiger partial charge is 0.261 e. The molecule has 20 heavy (non-hydrogen) atoms. The molecule has 1 aromatic carbocycles. The first-order chi connectivity index (χ1) is 9.42. The Morgan fingerprint density at radius 1 is 1.30 bits per heavy atom. The number of methoxy groups -OCH3 is 1. The molecule has 106 valence electrons. The van der Waals surface area contributed by atoms with Gasteiger partial charge in [-0.05, 0) is 46.3 Å². The monoisotopic (exact) mass is 376 g/mol. The zero-order valence-corrected chi connectivity index (χ0v) is 13.5. The van der Waals surface area contributed by atoms with Gasteiger partial charge in [-0.25, -0.2) is 13.4 Å². The van der Waals surface area contributed by atoms with Crippen LogP contribution in [-0.4, -0.2) is 20.5 Å². The Morgan fingerprint density at radius 3 is 2.60 bits per heavy atom. The maximum atomic E-state index is 12.2. The molecule has 2 rings (SSSR count). The van der Waals surface area contributed by atoms with Crippen molar-refractivity contribution in [3.63, 3.8) is 0 Å². The topological polar surface area (TPSA) is 68.3 Å². The van der Waals surface area contributed by atoms with Crippen LogP contribution in [0.15, 0.2) is 46.0 Å². The molecule has 0 saturated carbocycles. The van der Waals surface area contributed by atoms with E-state index in [2.05, 4.69) is 25.6 Å². The van der Waals surface area contributed by atoms with Gasteiger partial charge in [-0.2, -0.15) is 0 Å². The Morgan fingerprint density at radius 2 is 2.05 bits per heavy atom. The first kappa shape index (κ1) is 15.1. The lowest BCUT2D eigenvalue weighted by atomic mass is 10.3. The molecule has 0 aliphatic carbocycles. The Labute approximate surface area is 130 Å². The van der Waals surface area contributed by atoms with Gasteiger partial charge in [-0.15, -0.1) is 0 Å². The van der Waals surface area contributed by atoms with E-state index < -0.39 is 10.0 Å². The third-order valence-corrected chi connectivity index (χ3v) is 4.56. The number of hydrogen-bond donors (Lipinski definition) is 1. The second-order valence-corrected chi connectivity index (χ2v) is 6.67. The number of aromatic nitrogens is 1. The van der Waals surface area contributed by atoms with Gasteiger partial charge in [-0.3, -0.25) is 4.72 Å². The van der Waals surface area contributed by atoms with E-state index in [9.17, 15) is 8.42 Å². The van der Waals surface area contributed by atoms with Crippen LogP contribution in [0.3, 0.4) is 0 Å². The molecular weight excluding hydrogens is 368 g/mol. The van der Waals surface area contributed by atoms with Crippen LogP contribution in [0.4, 0.5) is 5.69 Å². The summed E-state index contributed by atoms with van der Waals surface area (Å²) < 4.78 is 32.4. The van der Waals surface area contributed by atoms with Crippen LogP contribution >= 0.6 is 27.5 Å². The van der Waals surface area contributed by atoms with E-state index in [0.29, 0.717) is 16.0 Å². The Bertz CT molecular complexity index is 720. The molecule has 0 radical (unpaired) electrons. The molecule has 1 aromatic heterocycles. The Hall–Kier alpha value is -1.31. The fraction of sp³-hybridized carbons (Fsp3) is 0.0833. The minimum Gasteiger partial charge on any atom is -0.495 e. The molecule has 1 heterocycles. The summed E-state index contributed by atoms with van der Waals surface area (Å²) in [6.45, 7) is 0. The van der Waals surface area contributed by atoms with Crippen molar-refractivity contribution in [1.82, 2.24) is 4.98 Å². The maximum absolute atomic E-state index is 12.2. The Balaban J connectivity index is 2.30. The van der Waals surface area contributed by atoms with E-state index in [1.54, 1.807) is 12.1 Å². The number of nitrogens with one attached hydrogen (secondary N) is 1. The van der Waals surface area contributed by atoms with Gasteiger partial charge < -0.3 is 4.74 Å². The van der Waals surface area contributed by atoms with E-state index in [1.807, 2.05) is 0 Å². The van der Waals surface area contributed by atoms with Crippen molar-refractivity contribution in [2.45, 2.75) is 4.90 Å². The number of halogens is 2. The van der Waals surface area contributed by atoms with Crippen molar-refractivity contribution >= 4 is 43.2 Å². The highest BCUT2D eigenvalue weighted by molar-refractivity contribution is 9.10. The lowest BCUT2D eigenvalue weighted by Crippen LogP contribution is -2.13. The first-order valence-corrected chi connectivity index (χ1v) is 8.06. The molecule has 2 aromatic rings. The number of rotatable bonds is 4. The number of benzene rings is 1. The van der Waals surface area contributed by atoms with Gasteiger partial charge in [0, 0.05) is 0 Å². The molecule has 5 nitrogen and oxygen atoms in total. The van der Waals surface area contributed by atoms with E-state index in [1.165, 1.54) is 31.5 Å². The van der Waals surface area contributed by atoms with Crippen molar-refractivity contribution in [3.05, 3.63) is 46.2 Å². The average Bonchev–Trinajstić information content (AvgIpc) is 2.41. The number of pyridine rings is 1. The Kier molecular flexibility index (Phi) is 4.52. The van der Waals surface area contributed by atoms with E-state index in [0.717, 1.165) is 0 Å². The quantitative estimate of drug-likeness (QED) is 0.830. The first-order valence-electron chi connectivity index (χ1n) is 5.40. The minimum absolute atomic E-state index is 0.0474. The van der Waals surface area contributed by atoms with Gasteiger partial charge >= 0.3 is 0 Å². The molecule has 0 saturated heterocycles. The number of anilines is 1. The molecule has 0 bridgehead atoms. The van der Waals surface area contributed by atoms with Crippen LogP contribution in [0.2, 0.25) is 5.02 Å². The van der Waals surface area contributed by atoms with Crippen LogP contribution in [0.5, 0.6) is 5.75 Å². The third kappa shape index (κ3) is 3.41. The molecule has 0 unspecified atom stereocenters. The summed E-state index contributed by atoms with van der Waals surface area (Å²) in [5, 5.41) is 0.226. The summed E-state index contributed by atoms with van der Waals surface area (Å²) in [6, 6.07) is 7.48. The molecule has 1 N–H and O–H groups in total. The molecule has 8 heteroatoms. The molecule has 0 aliphatic rings. The van der Waals surface area contributed by atoms with Crippen LogP contribution in [-0.2, 0) is 10.0 Å². The molecule has 0 aliphatic heterocycles. The van der Waals surface area contributed by atoms with Crippen molar-refractivity contribution in [3.8, 4) is 5.75 Å². The van der Waals surface area contributed by atoms with E-state index in [-0.39, 0.29) is 9.92 Å². The van der Waals surface area contributed by atoms with E-state index in [4.69, 9.17) is 16.3 Å². The summed E-state index contributed by atoms with van der Waals surface area (Å²) in [5.74, 6) is 0.413. The van der Waals surface area contributed by atoms with Gasteiger partial charge in [0.1, 0.15) is 10.4 Å². The number of sulfonamides is 1. The highest BCUT2D eigenvalue weighted by Gasteiger charge is 2.16. The summed E-state index contributed by atoms with van der Waals surface area (Å²) in [7, 11) is -2.26. The SMILES string of the molecule is COc1ccc(S(=O)(=O)Nc2ccc(Br)nc2)cc1Cl. The minimum atomic E-state index is -3.72. The lowest BCUT2D eigenvalue weighted by Gasteiger charge is -2.09. The lowest BCUT2D eigenvalue weighted by molar-refractivity contribution is 0.414. The molecule has 0 fully saturated rings. The standard InChI is InChI=1S/C12H10BrClN2O3S/c1-19-11-4-3-9(6-10(11)14)20(17,18)16-8-2-5-12(13)15-7-8/h2-7,16H,1H3. The van der Waals surface area contributed by atoms with Crippen LogP contribution in [0, 0.1) is 0 Å². The summed E-state index contributed by atoms with van der Waals surface area (Å²) >= 11 is 9.10. The third-order valence-electron chi connectivity index (χ3n) is 2.41. The predicted molar refractivity (Wildman–Crippen MR) is 80.7 cm³/mol. The van der Waals surface area contributed by atoms with Gasteiger partial charge in [0.2, 0.25) is 0 Å². The van der Waals surface area contributed by atoms with E-state index >= 15 is 0 Å². The second kappa shape index (κ2) is 5.99. The van der Waals surface area contributed by atoms with Crippen LogP contribution in [0.25, 0.3) is 0 Å². The van der Waals surface area contributed by atoms with Crippen molar-refractivity contribution in [2.75, 3.05) is 11.8 Å². The van der Waals surface area contributed by atoms with Crippen molar-refractivity contribution in [2.24, 2.45) is 0 Å². The van der Waals surface area contributed by atoms with Crippen molar-refractivity contribution in [1.29, 1.82) is 0 Å². The zero-order valence-electron chi connectivity index (χ0n) is 10.3. The normalized spacial score (nSPS) is 11.2. The van der Waals surface area contributed by atoms with Gasteiger partial charge in [0.05, 0.1) is 28.9 Å². The van der Waals surface area contributed by atoms with Crippen LogP contribution in [0.1, 0.15) is 0 Å². The van der Waals surface area contributed by atoms with Gasteiger partial charge in [0.15, 0.2) is 0 Å². The highest BCUT2D eigenvalue weighted by Crippen LogP contribution is 2.27. The number of nitrogens with zero attached hydrogens (tertiary/aromatic N) is 1. The fourth-order valence-corrected chi connectivity index (χ4v) is 3.09. The van der Waals surface area contributed by atoms with Gasteiger partial charge in [0.25, 0.3) is 10.0 Å². The van der Waals surface area contributed by atoms with Crippen LogP contribution < -0.4 is 9.46 Å². The fourth-order valence-electron chi connectivity index (χ4n) is 1.46. The predicted octanol–water partition coefficient (Wildman–Crippen LogP) is 3.31. The zero-order chi connectivity index (χ0) is 14.8. The summed E-state index contributed by atoms with van der Waals surface area (Å²) in [6.07, 6.45) is 1.41. The van der Waals surface area contributed by atoms with Gasteiger partial charge in [-0.1, -0.05) is 11.6 Å². The molecule has 0 spiro atoms.